The van der Waals surface area contributed by atoms with Gasteiger partial charge in [0, 0.05) is 6.04 Å². The second-order valence-electron chi connectivity index (χ2n) is 3.83. The molecule has 1 rings (SSSR count). The largest absolute Gasteiger partial charge is 0.464 e. The lowest BCUT2D eigenvalue weighted by Gasteiger charge is -2.15. The van der Waals surface area contributed by atoms with E-state index < -0.39 is 5.97 Å². The van der Waals surface area contributed by atoms with Crippen LogP contribution in [0.1, 0.15) is 43.6 Å². The van der Waals surface area contributed by atoms with Crippen LogP contribution in [0.4, 0.5) is 5.82 Å². The van der Waals surface area contributed by atoms with Gasteiger partial charge in [-0.05, 0) is 25.0 Å². The summed E-state index contributed by atoms with van der Waals surface area (Å²) in [6.07, 6.45) is 3.25. The van der Waals surface area contributed by atoms with Crippen molar-refractivity contribution in [1.29, 1.82) is 0 Å². The zero-order chi connectivity index (χ0) is 12.7. The van der Waals surface area contributed by atoms with Crippen LogP contribution in [0.3, 0.4) is 0 Å². The molecule has 1 aromatic rings. The molecule has 5 heteroatoms. The minimum absolute atomic E-state index is 0.224. The highest BCUT2D eigenvalue weighted by molar-refractivity contribution is 5.86. The Kier molecular flexibility index (Phi) is 5.39. The molecule has 0 saturated heterocycles. The number of hydrogen-bond donors (Lipinski definition) is 1. The van der Waals surface area contributed by atoms with Crippen molar-refractivity contribution in [3.8, 4) is 0 Å². The van der Waals surface area contributed by atoms with Gasteiger partial charge in [0.15, 0.2) is 5.69 Å². The fraction of sp³-hybridized carbons (Fsp3) is 0.583. The van der Waals surface area contributed by atoms with Crippen molar-refractivity contribution in [2.75, 3.05) is 12.4 Å². The molecule has 1 aromatic heterocycles. The van der Waals surface area contributed by atoms with Gasteiger partial charge in [-0.3, -0.25) is 0 Å². The maximum atomic E-state index is 11.2. The fourth-order valence-electron chi connectivity index (χ4n) is 1.56. The number of carbonyl (C=O) groups is 1. The van der Waals surface area contributed by atoms with Gasteiger partial charge in [0.05, 0.1) is 7.11 Å². The number of nitrogens with zero attached hydrogens (tertiary/aromatic N) is 2. The molecular weight excluding hydrogens is 218 g/mol. The van der Waals surface area contributed by atoms with E-state index in [4.69, 9.17) is 0 Å². The Hall–Kier alpha value is -1.65. The Morgan fingerprint density at radius 2 is 2.18 bits per heavy atom. The van der Waals surface area contributed by atoms with Gasteiger partial charge in [-0.2, -0.15) is 0 Å². The summed E-state index contributed by atoms with van der Waals surface area (Å²) in [7, 11) is 1.32. The van der Waals surface area contributed by atoms with Gasteiger partial charge in [0.2, 0.25) is 0 Å². The van der Waals surface area contributed by atoms with E-state index in [1.807, 2.05) is 0 Å². The molecule has 17 heavy (non-hydrogen) atoms. The van der Waals surface area contributed by atoms with Crippen LogP contribution in [0.2, 0.25) is 0 Å². The van der Waals surface area contributed by atoms with Gasteiger partial charge >= 0.3 is 5.97 Å². The minimum Gasteiger partial charge on any atom is -0.464 e. The molecule has 1 unspecified atom stereocenters. The molecule has 1 atom stereocenters. The summed E-state index contributed by atoms with van der Waals surface area (Å²) in [6.45, 7) is 4.28. The number of ether oxygens (including phenoxy) is 1. The van der Waals surface area contributed by atoms with Gasteiger partial charge < -0.3 is 10.1 Å². The number of aromatic nitrogens is 2. The lowest BCUT2D eigenvalue weighted by atomic mass is 10.1. The second-order valence-corrected chi connectivity index (χ2v) is 3.83. The average Bonchev–Trinajstić information content (AvgIpc) is 2.38. The van der Waals surface area contributed by atoms with Crippen LogP contribution in [-0.4, -0.2) is 29.3 Å². The molecule has 0 aliphatic rings. The van der Waals surface area contributed by atoms with Crippen LogP contribution >= 0.6 is 0 Å². The normalized spacial score (nSPS) is 11.9. The number of methoxy groups -OCH3 is 1. The topological polar surface area (TPSA) is 64.1 Å². The first-order chi connectivity index (χ1) is 8.21. The molecular formula is C12H19N3O2. The van der Waals surface area contributed by atoms with E-state index >= 15 is 0 Å². The highest BCUT2D eigenvalue weighted by Gasteiger charge is 2.09. The number of carbonyl (C=O) groups excluding carboxylic acids is 1. The zero-order valence-corrected chi connectivity index (χ0v) is 10.6. The van der Waals surface area contributed by atoms with Gasteiger partial charge in [-0.15, -0.1) is 10.2 Å². The maximum Gasteiger partial charge on any atom is 0.358 e. The van der Waals surface area contributed by atoms with E-state index in [1.54, 1.807) is 12.1 Å². The smallest absolute Gasteiger partial charge is 0.358 e. The van der Waals surface area contributed by atoms with Crippen molar-refractivity contribution in [1.82, 2.24) is 10.2 Å². The van der Waals surface area contributed by atoms with Crippen molar-refractivity contribution in [2.45, 2.75) is 39.2 Å². The predicted molar refractivity (Wildman–Crippen MR) is 66.0 cm³/mol. The summed E-state index contributed by atoms with van der Waals surface area (Å²) in [5.41, 5.74) is 0.224. The summed E-state index contributed by atoms with van der Waals surface area (Å²) in [4.78, 5) is 11.2. The molecule has 0 bridgehead atoms. The Labute approximate surface area is 102 Å². The molecule has 0 aliphatic carbocycles. The Balaban J connectivity index is 2.64. The third-order valence-electron chi connectivity index (χ3n) is 2.54. The SMILES string of the molecule is CCCC(CC)Nc1ccc(C(=O)OC)nn1. The molecule has 0 aliphatic heterocycles. The number of esters is 1. The number of hydrogen-bond acceptors (Lipinski definition) is 5. The molecule has 0 aromatic carbocycles. The van der Waals surface area contributed by atoms with E-state index in [0.29, 0.717) is 11.9 Å². The molecule has 0 radical (unpaired) electrons. The lowest BCUT2D eigenvalue weighted by molar-refractivity contribution is 0.0593. The van der Waals surface area contributed by atoms with Crippen LogP contribution < -0.4 is 5.32 Å². The second kappa shape index (κ2) is 6.83. The van der Waals surface area contributed by atoms with Gasteiger partial charge in [0.25, 0.3) is 0 Å². The van der Waals surface area contributed by atoms with E-state index in [2.05, 4.69) is 34.1 Å². The summed E-state index contributed by atoms with van der Waals surface area (Å²) in [6, 6.07) is 3.76. The van der Waals surface area contributed by atoms with Crippen molar-refractivity contribution >= 4 is 11.8 Å². The monoisotopic (exact) mass is 237 g/mol. The van der Waals surface area contributed by atoms with Crippen LogP contribution in [0.25, 0.3) is 0 Å². The van der Waals surface area contributed by atoms with E-state index in [-0.39, 0.29) is 5.69 Å². The van der Waals surface area contributed by atoms with E-state index in [9.17, 15) is 4.79 Å². The highest BCUT2D eigenvalue weighted by atomic mass is 16.5. The van der Waals surface area contributed by atoms with Crippen molar-refractivity contribution < 1.29 is 9.53 Å². The summed E-state index contributed by atoms with van der Waals surface area (Å²) in [5, 5.41) is 11.1. The molecule has 0 spiro atoms. The quantitative estimate of drug-likeness (QED) is 0.769. The number of anilines is 1. The first-order valence-corrected chi connectivity index (χ1v) is 5.89. The van der Waals surface area contributed by atoms with Crippen LogP contribution in [0, 0.1) is 0 Å². The Bertz CT molecular complexity index is 351. The summed E-state index contributed by atoms with van der Waals surface area (Å²) in [5.74, 6) is 0.225. The third kappa shape index (κ3) is 4.01. The van der Waals surface area contributed by atoms with Gasteiger partial charge in [0.1, 0.15) is 5.82 Å². The van der Waals surface area contributed by atoms with Crippen molar-refractivity contribution in [2.24, 2.45) is 0 Å². The lowest BCUT2D eigenvalue weighted by Crippen LogP contribution is -2.19. The molecule has 0 saturated carbocycles. The maximum absolute atomic E-state index is 11.2. The first-order valence-electron chi connectivity index (χ1n) is 5.89. The van der Waals surface area contributed by atoms with Crippen molar-refractivity contribution in [3.05, 3.63) is 17.8 Å². The Morgan fingerprint density at radius 3 is 2.65 bits per heavy atom. The molecule has 1 N–H and O–H groups in total. The molecule has 1 heterocycles. The summed E-state index contributed by atoms with van der Waals surface area (Å²) < 4.78 is 4.56. The van der Waals surface area contributed by atoms with E-state index in [1.165, 1.54) is 7.11 Å². The third-order valence-corrected chi connectivity index (χ3v) is 2.54. The fourth-order valence-corrected chi connectivity index (χ4v) is 1.56. The van der Waals surface area contributed by atoms with Crippen molar-refractivity contribution in [3.63, 3.8) is 0 Å². The van der Waals surface area contributed by atoms with E-state index in [0.717, 1.165) is 19.3 Å². The summed E-state index contributed by atoms with van der Waals surface area (Å²) >= 11 is 0. The number of rotatable bonds is 6. The first kappa shape index (κ1) is 13.4. The van der Waals surface area contributed by atoms with Gasteiger partial charge in [-0.1, -0.05) is 20.3 Å². The molecule has 0 fully saturated rings. The molecule has 0 amide bonds. The van der Waals surface area contributed by atoms with Gasteiger partial charge in [-0.25, -0.2) is 4.79 Å². The zero-order valence-electron chi connectivity index (χ0n) is 10.6. The molecule has 5 nitrogen and oxygen atoms in total. The van der Waals surface area contributed by atoms with Crippen LogP contribution in [0.15, 0.2) is 12.1 Å². The Morgan fingerprint density at radius 1 is 1.41 bits per heavy atom. The van der Waals surface area contributed by atoms with Crippen LogP contribution in [-0.2, 0) is 4.74 Å². The predicted octanol–water partition coefficient (Wildman–Crippen LogP) is 2.25. The molecule has 94 valence electrons. The minimum atomic E-state index is -0.468. The highest BCUT2D eigenvalue weighted by Crippen LogP contribution is 2.10. The average molecular weight is 237 g/mol. The standard InChI is InChI=1S/C12H19N3O2/c1-4-6-9(5-2)13-11-8-7-10(14-15-11)12(16)17-3/h7-9H,4-6H2,1-3H3,(H,13,15). The number of nitrogens with one attached hydrogen (secondary N) is 1. The van der Waals surface area contributed by atoms with Crippen LogP contribution in [0.5, 0.6) is 0 Å².